The summed E-state index contributed by atoms with van der Waals surface area (Å²) < 4.78 is 65.9. The molecule has 0 unspecified atom stereocenters. The Labute approximate surface area is 140 Å². The van der Waals surface area contributed by atoms with Crippen LogP contribution in [0.4, 0.5) is 13.2 Å². The molecule has 0 aliphatic heterocycles. The summed E-state index contributed by atoms with van der Waals surface area (Å²) in [6, 6.07) is 14.0. The van der Waals surface area contributed by atoms with Gasteiger partial charge in [0.1, 0.15) is 0 Å². The van der Waals surface area contributed by atoms with E-state index < -0.39 is 32.5 Å². The zero-order valence-electron chi connectivity index (χ0n) is 12.5. The van der Waals surface area contributed by atoms with E-state index in [0.29, 0.717) is 4.68 Å². The molecule has 1 heterocycles. The van der Waals surface area contributed by atoms with E-state index in [1.807, 2.05) is 0 Å². The Morgan fingerprint density at radius 3 is 1.96 bits per heavy atom. The number of benzene rings is 2. The van der Waals surface area contributed by atoms with Crippen LogP contribution in [0, 0.1) is 0 Å². The first-order valence-electron chi connectivity index (χ1n) is 6.97. The highest BCUT2D eigenvalue weighted by Crippen LogP contribution is 2.41. The number of aromatic nitrogens is 2. The van der Waals surface area contributed by atoms with Crippen molar-refractivity contribution in [1.29, 1.82) is 0 Å². The molecule has 0 radical (unpaired) electrons. The van der Waals surface area contributed by atoms with Crippen LogP contribution in [0.3, 0.4) is 0 Å². The van der Waals surface area contributed by atoms with Gasteiger partial charge in [0.15, 0.2) is 10.6 Å². The van der Waals surface area contributed by atoms with Crippen LogP contribution < -0.4 is 0 Å². The second-order valence-corrected chi connectivity index (χ2v) is 6.95. The smallest absolute Gasteiger partial charge is 0.436 e. The molecule has 2 aromatic carbocycles. The average Bonchev–Trinajstić information content (AvgIpc) is 2.95. The molecule has 0 spiro atoms. The summed E-state index contributed by atoms with van der Waals surface area (Å²) in [5, 5.41) is 13.6. The molecule has 0 aliphatic rings. The molecule has 1 aromatic heterocycles. The van der Waals surface area contributed by atoms with Crippen molar-refractivity contribution in [3.05, 3.63) is 66.4 Å². The van der Waals surface area contributed by atoms with Gasteiger partial charge in [0.2, 0.25) is 15.7 Å². The minimum absolute atomic E-state index is 0.0972. The van der Waals surface area contributed by atoms with Crippen LogP contribution in [0.2, 0.25) is 0 Å². The van der Waals surface area contributed by atoms with Crippen molar-refractivity contribution in [3.63, 3.8) is 0 Å². The van der Waals surface area contributed by atoms with Gasteiger partial charge in [-0.2, -0.15) is 23.0 Å². The van der Waals surface area contributed by atoms with Crippen molar-refractivity contribution in [3.8, 4) is 11.6 Å². The fraction of sp³-hybridized carbons (Fsp3) is 0.0625. The maximum Gasteiger partial charge on any atom is 0.436 e. The van der Waals surface area contributed by atoms with Gasteiger partial charge in [-0.25, -0.2) is 8.42 Å². The third-order valence-electron chi connectivity index (χ3n) is 3.41. The highest BCUT2D eigenvalue weighted by Gasteiger charge is 2.44. The van der Waals surface area contributed by atoms with E-state index in [0.717, 1.165) is 12.1 Å². The third kappa shape index (κ3) is 2.98. The van der Waals surface area contributed by atoms with E-state index in [4.69, 9.17) is 0 Å². The minimum Gasteiger partial charge on any atom is -0.492 e. The maximum absolute atomic E-state index is 13.4. The zero-order valence-corrected chi connectivity index (χ0v) is 13.3. The predicted molar refractivity (Wildman–Crippen MR) is 82.1 cm³/mol. The maximum atomic E-state index is 13.4. The number of para-hydroxylation sites is 1. The van der Waals surface area contributed by atoms with Gasteiger partial charge in [0.25, 0.3) is 0 Å². The Balaban J connectivity index is 2.31. The van der Waals surface area contributed by atoms with Crippen LogP contribution in [0.25, 0.3) is 5.69 Å². The molecule has 9 heteroatoms. The molecule has 0 atom stereocenters. The third-order valence-corrected chi connectivity index (χ3v) is 5.22. The molecule has 0 saturated carbocycles. The molecule has 0 bridgehead atoms. The fourth-order valence-corrected chi connectivity index (χ4v) is 3.78. The number of hydrogen-bond acceptors (Lipinski definition) is 4. The number of alkyl halides is 3. The highest BCUT2D eigenvalue weighted by molar-refractivity contribution is 7.91. The molecule has 3 rings (SSSR count). The van der Waals surface area contributed by atoms with Gasteiger partial charge in [0.05, 0.1) is 10.6 Å². The van der Waals surface area contributed by atoms with Crippen molar-refractivity contribution in [1.82, 2.24) is 9.78 Å². The number of hydrogen-bond donors (Lipinski definition) is 1. The fourth-order valence-electron chi connectivity index (χ4n) is 2.29. The average molecular weight is 368 g/mol. The largest absolute Gasteiger partial charge is 0.492 e. The molecule has 0 fully saturated rings. The number of aromatic hydroxyl groups is 1. The van der Waals surface area contributed by atoms with E-state index in [9.17, 15) is 26.7 Å². The molecule has 0 saturated heterocycles. The van der Waals surface area contributed by atoms with Crippen molar-refractivity contribution in [2.24, 2.45) is 0 Å². The zero-order chi connectivity index (χ0) is 18.2. The molecule has 5 nitrogen and oxygen atoms in total. The van der Waals surface area contributed by atoms with Gasteiger partial charge >= 0.3 is 6.18 Å². The van der Waals surface area contributed by atoms with Crippen LogP contribution in [0.1, 0.15) is 5.69 Å². The summed E-state index contributed by atoms with van der Waals surface area (Å²) in [7, 11) is -4.62. The topological polar surface area (TPSA) is 72.2 Å². The van der Waals surface area contributed by atoms with Crippen LogP contribution in [0.5, 0.6) is 5.88 Å². The first-order chi connectivity index (χ1) is 11.7. The van der Waals surface area contributed by atoms with E-state index >= 15 is 0 Å². The Kier molecular flexibility index (Phi) is 4.03. The van der Waals surface area contributed by atoms with Gasteiger partial charge in [-0.1, -0.05) is 36.4 Å². The summed E-state index contributed by atoms with van der Waals surface area (Å²) in [5.41, 5.74) is -1.57. The number of sulfone groups is 1. The highest BCUT2D eigenvalue weighted by atomic mass is 32.2. The summed E-state index contributed by atoms with van der Waals surface area (Å²) >= 11 is 0. The van der Waals surface area contributed by atoms with Crippen LogP contribution in [-0.4, -0.2) is 23.3 Å². The monoisotopic (exact) mass is 368 g/mol. The molecule has 0 amide bonds. The quantitative estimate of drug-likeness (QED) is 0.769. The molecule has 130 valence electrons. The second-order valence-electron chi connectivity index (χ2n) is 5.06. The lowest BCUT2D eigenvalue weighted by molar-refractivity contribution is -0.143. The first kappa shape index (κ1) is 17.0. The summed E-state index contributed by atoms with van der Waals surface area (Å²) in [5.74, 6) is -1.10. The Morgan fingerprint density at radius 1 is 0.920 bits per heavy atom. The lowest BCUT2D eigenvalue weighted by Gasteiger charge is -2.07. The summed E-state index contributed by atoms with van der Waals surface area (Å²) in [4.78, 5) is -1.64. The number of rotatable bonds is 3. The lowest BCUT2D eigenvalue weighted by Crippen LogP contribution is -2.13. The van der Waals surface area contributed by atoms with Gasteiger partial charge < -0.3 is 5.11 Å². The molecule has 25 heavy (non-hydrogen) atoms. The Bertz CT molecular complexity index is 998. The number of halogens is 3. The van der Waals surface area contributed by atoms with Crippen LogP contribution in [0.15, 0.2) is 70.5 Å². The minimum atomic E-state index is -5.06. The van der Waals surface area contributed by atoms with Crippen molar-refractivity contribution in [2.45, 2.75) is 16.0 Å². The van der Waals surface area contributed by atoms with E-state index in [1.165, 1.54) is 42.5 Å². The van der Waals surface area contributed by atoms with Crippen LogP contribution in [-0.2, 0) is 16.0 Å². The normalized spacial score (nSPS) is 12.3. The van der Waals surface area contributed by atoms with Gasteiger partial charge in [-0.05, 0) is 24.3 Å². The van der Waals surface area contributed by atoms with E-state index in [2.05, 4.69) is 5.10 Å². The van der Waals surface area contributed by atoms with E-state index in [1.54, 1.807) is 6.07 Å². The molecular formula is C16H11F3N2O3S. The Morgan fingerprint density at radius 2 is 1.44 bits per heavy atom. The van der Waals surface area contributed by atoms with Crippen molar-refractivity contribution in [2.75, 3.05) is 0 Å². The predicted octanol–water partition coefficient (Wildman–Crippen LogP) is 3.43. The van der Waals surface area contributed by atoms with Gasteiger partial charge in [0, 0.05) is 0 Å². The molecule has 0 aliphatic carbocycles. The van der Waals surface area contributed by atoms with Gasteiger partial charge in [-0.15, -0.1) is 0 Å². The first-order valence-corrected chi connectivity index (χ1v) is 8.46. The summed E-state index contributed by atoms with van der Waals surface area (Å²) in [6.07, 6.45) is -5.06. The van der Waals surface area contributed by atoms with E-state index in [-0.39, 0.29) is 10.6 Å². The van der Waals surface area contributed by atoms with Gasteiger partial charge in [-0.3, -0.25) is 0 Å². The summed E-state index contributed by atoms with van der Waals surface area (Å²) in [6.45, 7) is 0. The SMILES string of the molecule is O=S(=O)(c1ccccc1)c1c(C(F)(F)F)nn(-c2ccccc2)c1O. The standard InChI is InChI=1S/C16H11F3N2O3S/c17-16(18,19)14-13(25(23,24)12-9-5-2-6-10-12)15(22)21(20-14)11-7-3-1-4-8-11/h1-10,22H. The van der Waals surface area contributed by atoms with Crippen molar-refractivity contribution < 1.29 is 26.7 Å². The van der Waals surface area contributed by atoms with Crippen molar-refractivity contribution >= 4 is 9.84 Å². The second kappa shape index (κ2) is 5.92. The molecule has 1 N–H and O–H groups in total. The van der Waals surface area contributed by atoms with Crippen LogP contribution >= 0.6 is 0 Å². The number of nitrogens with zero attached hydrogens (tertiary/aromatic N) is 2. The lowest BCUT2D eigenvalue weighted by atomic mass is 10.3. The Hall–Kier alpha value is -2.81. The molecule has 3 aromatic rings. The molecular weight excluding hydrogens is 357 g/mol.